The first kappa shape index (κ1) is 20.6. The van der Waals surface area contributed by atoms with Crippen LogP contribution in [0.15, 0.2) is 42.6 Å². The quantitative estimate of drug-likeness (QED) is 0.674. The molecule has 3 heterocycles. The number of imide groups is 1. The third-order valence-corrected chi connectivity index (χ3v) is 6.51. The molecule has 2 fully saturated rings. The molecular formula is C24H26N4O4. The van der Waals surface area contributed by atoms with Crippen LogP contribution in [0.3, 0.4) is 0 Å². The Morgan fingerprint density at radius 3 is 2.84 bits per heavy atom. The number of hydrogen-bond acceptors (Lipinski definition) is 6. The Hall–Kier alpha value is -3.26. The molecule has 3 aliphatic rings. The van der Waals surface area contributed by atoms with E-state index in [1.54, 1.807) is 17.2 Å². The summed E-state index contributed by atoms with van der Waals surface area (Å²) in [5.74, 6) is -0.115. The SMILES string of the molecule is O=C1CCC(N2Cc3cc(OC4CCC[C@@H]4NCc4ccccn4)ccc3C2=O)C(=O)N1. The van der Waals surface area contributed by atoms with Crippen LogP contribution < -0.4 is 15.4 Å². The summed E-state index contributed by atoms with van der Waals surface area (Å²) < 4.78 is 6.32. The van der Waals surface area contributed by atoms with E-state index in [-0.39, 0.29) is 30.4 Å². The topological polar surface area (TPSA) is 101 Å². The van der Waals surface area contributed by atoms with Crippen molar-refractivity contribution in [2.24, 2.45) is 0 Å². The molecule has 8 heteroatoms. The Balaban J connectivity index is 1.24. The molecule has 2 aromatic rings. The summed E-state index contributed by atoms with van der Waals surface area (Å²) in [6, 6.07) is 11.1. The highest BCUT2D eigenvalue weighted by Gasteiger charge is 2.39. The first-order valence-corrected chi connectivity index (χ1v) is 11.2. The number of carbonyl (C=O) groups is 3. The van der Waals surface area contributed by atoms with Crippen LogP contribution in [0.2, 0.25) is 0 Å². The van der Waals surface area contributed by atoms with Gasteiger partial charge in [-0.3, -0.25) is 24.7 Å². The van der Waals surface area contributed by atoms with Gasteiger partial charge in [0.2, 0.25) is 11.8 Å². The van der Waals surface area contributed by atoms with E-state index >= 15 is 0 Å². The van der Waals surface area contributed by atoms with Crippen LogP contribution in [0, 0.1) is 0 Å². The van der Waals surface area contributed by atoms with Crippen molar-refractivity contribution in [3.63, 3.8) is 0 Å². The Morgan fingerprint density at radius 1 is 1.12 bits per heavy atom. The van der Waals surface area contributed by atoms with Crippen molar-refractivity contribution in [1.82, 2.24) is 20.5 Å². The lowest BCUT2D eigenvalue weighted by atomic mass is 10.0. The average molecular weight is 434 g/mol. The van der Waals surface area contributed by atoms with Crippen LogP contribution in [-0.4, -0.2) is 45.8 Å². The van der Waals surface area contributed by atoms with Crippen molar-refractivity contribution in [2.45, 2.75) is 63.4 Å². The number of benzene rings is 1. The number of aromatic nitrogens is 1. The molecular weight excluding hydrogens is 408 g/mol. The van der Waals surface area contributed by atoms with Gasteiger partial charge in [-0.05, 0) is 61.6 Å². The summed E-state index contributed by atoms with van der Waals surface area (Å²) in [7, 11) is 0. The standard InChI is InChI=1S/C24H26N4O4/c29-22-10-9-20(23(30)27-22)28-14-15-12-17(7-8-18(15)24(28)31)32-21-6-3-5-19(21)26-13-16-4-1-2-11-25-16/h1-2,4,7-8,11-12,19-21,26H,3,5-6,9-10,13-14H2,(H,27,29,30)/t19-,20?,21?/m0/s1. The second-order valence-corrected chi connectivity index (χ2v) is 8.61. The highest BCUT2D eigenvalue weighted by Crippen LogP contribution is 2.32. The largest absolute Gasteiger partial charge is 0.489 e. The van der Waals surface area contributed by atoms with Crippen molar-refractivity contribution in [3.05, 3.63) is 59.4 Å². The van der Waals surface area contributed by atoms with E-state index in [9.17, 15) is 14.4 Å². The third-order valence-electron chi connectivity index (χ3n) is 6.51. The molecule has 3 amide bonds. The summed E-state index contributed by atoms with van der Waals surface area (Å²) in [6.07, 6.45) is 5.57. The molecule has 2 N–H and O–H groups in total. The van der Waals surface area contributed by atoms with Gasteiger partial charge >= 0.3 is 0 Å². The lowest BCUT2D eigenvalue weighted by Crippen LogP contribution is -2.52. The van der Waals surface area contributed by atoms with Gasteiger partial charge in [-0.15, -0.1) is 0 Å². The molecule has 166 valence electrons. The average Bonchev–Trinajstić information content (AvgIpc) is 3.37. The van der Waals surface area contributed by atoms with Gasteiger partial charge in [0.15, 0.2) is 0 Å². The number of carbonyl (C=O) groups excluding carboxylic acids is 3. The number of fused-ring (bicyclic) bond motifs is 1. The number of hydrogen-bond donors (Lipinski definition) is 2. The molecule has 0 bridgehead atoms. The van der Waals surface area contributed by atoms with Crippen molar-refractivity contribution in [3.8, 4) is 5.75 Å². The fourth-order valence-electron chi connectivity index (χ4n) is 4.84. The van der Waals surface area contributed by atoms with Crippen LogP contribution in [0.1, 0.15) is 53.7 Å². The van der Waals surface area contributed by atoms with Crippen LogP contribution in [0.4, 0.5) is 0 Å². The van der Waals surface area contributed by atoms with Gasteiger partial charge in [-0.1, -0.05) is 6.07 Å². The smallest absolute Gasteiger partial charge is 0.255 e. The Labute approximate surface area is 186 Å². The molecule has 2 unspecified atom stereocenters. The zero-order valence-corrected chi connectivity index (χ0v) is 17.8. The number of piperidine rings is 1. The van der Waals surface area contributed by atoms with Crippen LogP contribution in [0.25, 0.3) is 0 Å². The fourth-order valence-corrected chi connectivity index (χ4v) is 4.84. The minimum absolute atomic E-state index is 0.0557. The highest BCUT2D eigenvalue weighted by molar-refractivity contribution is 6.05. The lowest BCUT2D eigenvalue weighted by Gasteiger charge is -2.29. The number of nitrogens with zero attached hydrogens (tertiary/aromatic N) is 2. The maximum absolute atomic E-state index is 12.9. The van der Waals surface area contributed by atoms with Gasteiger partial charge in [0.05, 0.1) is 5.69 Å². The molecule has 32 heavy (non-hydrogen) atoms. The maximum Gasteiger partial charge on any atom is 0.255 e. The summed E-state index contributed by atoms with van der Waals surface area (Å²) in [5.41, 5.74) is 2.45. The second kappa shape index (κ2) is 8.70. The number of nitrogens with one attached hydrogen (secondary N) is 2. The van der Waals surface area contributed by atoms with E-state index in [1.165, 1.54) is 0 Å². The molecule has 1 aromatic heterocycles. The van der Waals surface area contributed by atoms with Gasteiger partial charge in [-0.25, -0.2) is 0 Å². The molecule has 8 nitrogen and oxygen atoms in total. The van der Waals surface area contributed by atoms with E-state index < -0.39 is 11.9 Å². The van der Waals surface area contributed by atoms with Gasteiger partial charge in [0.1, 0.15) is 17.9 Å². The van der Waals surface area contributed by atoms with Crippen LogP contribution in [-0.2, 0) is 22.7 Å². The fraction of sp³-hybridized carbons (Fsp3) is 0.417. The molecule has 1 aliphatic carbocycles. The molecule has 0 radical (unpaired) electrons. The zero-order chi connectivity index (χ0) is 22.1. The third kappa shape index (κ3) is 4.10. The van der Waals surface area contributed by atoms with Gasteiger partial charge in [0.25, 0.3) is 5.91 Å². The summed E-state index contributed by atoms with van der Waals surface area (Å²) >= 11 is 0. The molecule has 1 saturated heterocycles. The van der Waals surface area contributed by atoms with E-state index in [1.807, 2.05) is 30.3 Å². The predicted octanol–water partition coefficient (Wildman–Crippen LogP) is 1.93. The van der Waals surface area contributed by atoms with E-state index in [0.29, 0.717) is 25.1 Å². The Kier molecular flexibility index (Phi) is 5.61. The summed E-state index contributed by atoms with van der Waals surface area (Å²) in [6.45, 7) is 1.05. The van der Waals surface area contributed by atoms with Gasteiger partial charge < -0.3 is 15.0 Å². The number of rotatable bonds is 6. The second-order valence-electron chi connectivity index (χ2n) is 8.61. The minimum atomic E-state index is -0.605. The van der Waals surface area contributed by atoms with Crippen molar-refractivity contribution < 1.29 is 19.1 Å². The van der Waals surface area contributed by atoms with Crippen molar-refractivity contribution in [2.75, 3.05) is 0 Å². The number of pyridine rings is 1. The van der Waals surface area contributed by atoms with Crippen molar-refractivity contribution >= 4 is 17.7 Å². The molecule has 3 atom stereocenters. The monoisotopic (exact) mass is 434 g/mol. The van der Waals surface area contributed by atoms with E-state index in [0.717, 1.165) is 36.3 Å². The van der Waals surface area contributed by atoms with E-state index in [2.05, 4.69) is 15.6 Å². The first-order chi connectivity index (χ1) is 15.6. The molecule has 1 saturated carbocycles. The first-order valence-electron chi connectivity index (χ1n) is 11.2. The van der Waals surface area contributed by atoms with E-state index in [4.69, 9.17) is 4.74 Å². The minimum Gasteiger partial charge on any atom is -0.489 e. The predicted molar refractivity (Wildman–Crippen MR) is 116 cm³/mol. The molecule has 1 aromatic carbocycles. The van der Waals surface area contributed by atoms with Gasteiger partial charge in [-0.2, -0.15) is 0 Å². The van der Waals surface area contributed by atoms with Crippen LogP contribution >= 0.6 is 0 Å². The summed E-state index contributed by atoms with van der Waals surface area (Å²) in [5, 5.41) is 5.90. The normalized spacial score (nSPS) is 25.1. The number of amides is 3. The molecule has 5 rings (SSSR count). The summed E-state index contributed by atoms with van der Waals surface area (Å²) in [4.78, 5) is 42.4. The molecule has 0 spiro atoms. The lowest BCUT2D eigenvalue weighted by molar-refractivity contribution is -0.136. The molecule has 2 aliphatic heterocycles. The highest BCUT2D eigenvalue weighted by atomic mass is 16.5. The van der Waals surface area contributed by atoms with Crippen molar-refractivity contribution in [1.29, 1.82) is 0 Å². The van der Waals surface area contributed by atoms with Crippen LogP contribution in [0.5, 0.6) is 5.75 Å². The number of ether oxygens (including phenoxy) is 1. The Morgan fingerprint density at radius 2 is 2.03 bits per heavy atom. The maximum atomic E-state index is 12.9. The van der Waals surface area contributed by atoms with Gasteiger partial charge in [0, 0.05) is 37.3 Å². The zero-order valence-electron chi connectivity index (χ0n) is 17.8. The Bertz CT molecular complexity index is 1040.